The second kappa shape index (κ2) is 5.71. The van der Waals surface area contributed by atoms with E-state index < -0.39 is 19.7 Å². The summed E-state index contributed by atoms with van der Waals surface area (Å²) < 4.78 is 48.3. The Hall–Kier alpha value is -1.40. The van der Waals surface area contributed by atoms with Crippen molar-refractivity contribution in [2.24, 2.45) is 0 Å². The quantitative estimate of drug-likeness (QED) is 0.753. The number of aryl methyl sites for hydroxylation is 1. The Balaban J connectivity index is 3.60. The van der Waals surface area contributed by atoms with Crippen LogP contribution in [0.15, 0.2) is 53.3 Å². The van der Waals surface area contributed by atoms with Crippen LogP contribution in [-0.4, -0.2) is 28.3 Å². The van der Waals surface area contributed by atoms with Crippen molar-refractivity contribution in [3.05, 3.63) is 49.1 Å². The van der Waals surface area contributed by atoms with E-state index in [-0.39, 0.29) is 21.3 Å². The zero-order valence-electron chi connectivity index (χ0n) is 10.7. The summed E-state index contributed by atoms with van der Waals surface area (Å²) >= 11 is 0. The van der Waals surface area contributed by atoms with Crippen molar-refractivity contribution < 1.29 is 16.8 Å². The van der Waals surface area contributed by atoms with E-state index in [0.717, 1.165) is 0 Å². The van der Waals surface area contributed by atoms with Gasteiger partial charge in [0.2, 0.25) is 0 Å². The van der Waals surface area contributed by atoms with Crippen LogP contribution in [0.3, 0.4) is 0 Å². The molecule has 0 unspecified atom stereocenters. The van der Waals surface area contributed by atoms with Crippen molar-refractivity contribution in [1.29, 1.82) is 0 Å². The van der Waals surface area contributed by atoms with Crippen molar-refractivity contribution in [3.63, 3.8) is 0 Å². The Kier molecular flexibility index (Phi) is 4.70. The summed E-state index contributed by atoms with van der Waals surface area (Å²) in [6, 6.07) is 4.27. The second-order valence-corrected chi connectivity index (χ2v) is 8.10. The minimum absolute atomic E-state index is 0.172. The van der Waals surface area contributed by atoms with Gasteiger partial charge < -0.3 is 0 Å². The van der Waals surface area contributed by atoms with Gasteiger partial charge in [-0.05, 0) is 24.6 Å². The Labute approximate surface area is 114 Å². The molecule has 1 aromatic rings. The summed E-state index contributed by atoms with van der Waals surface area (Å²) in [4.78, 5) is -0.353. The molecule has 0 spiro atoms. The zero-order valence-corrected chi connectivity index (χ0v) is 12.3. The number of benzene rings is 1. The molecule has 0 aromatic heterocycles. The maximum atomic E-state index is 12.1. The minimum Gasteiger partial charge on any atom is -0.223 e. The maximum absolute atomic E-state index is 12.1. The van der Waals surface area contributed by atoms with E-state index in [1.54, 1.807) is 13.0 Å². The molecule has 0 saturated carbocycles. The molecule has 0 heterocycles. The monoisotopic (exact) mass is 300 g/mol. The van der Waals surface area contributed by atoms with Gasteiger partial charge in [0.05, 0.1) is 21.3 Å². The summed E-state index contributed by atoms with van der Waals surface area (Å²) in [5.74, 6) is -0.597. The number of sulfone groups is 2. The highest BCUT2D eigenvalue weighted by molar-refractivity contribution is 7.94. The summed E-state index contributed by atoms with van der Waals surface area (Å²) in [6.07, 6.45) is 2.47. The first-order valence-electron chi connectivity index (χ1n) is 5.52. The van der Waals surface area contributed by atoms with Gasteiger partial charge in [-0.1, -0.05) is 18.2 Å². The van der Waals surface area contributed by atoms with E-state index in [9.17, 15) is 16.8 Å². The van der Waals surface area contributed by atoms with Crippen LogP contribution < -0.4 is 0 Å². The average molecular weight is 300 g/mol. The van der Waals surface area contributed by atoms with Gasteiger partial charge in [-0.3, -0.25) is 0 Å². The smallest absolute Gasteiger partial charge is 0.183 e. The molecule has 19 heavy (non-hydrogen) atoms. The van der Waals surface area contributed by atoms with E-state index in [1.807, 2.05) is 0 Å². The van der Waals surface area contributed by atoms with Gasteiger partial charge in [-0.25, -0.2) is 16.8 Å². The Bertz CT molecular complexity index is 698. The van der Waals surface area contributed by atoms with Crippen molar-refractivity contribution in [2.45, 2.75) is 16.7 Å². The van der Waals surface area contributed by atoms with Crippen LogP contribution in [0.1, 0.15) is 5.56 Å². The van der Waals surface area contributed by atoms with Crippen molar-refractivity contribution in [3.8, 4) is 0 Å². The molecule has 0 amide bonds. The van der Waals surface area contributed by atoms with Gasteiger partial charge in [0, 0.05) is 0 Å². The van der Waals surface area contributed by atoms with E-state index in [2.05, 4.69) is 13.2 Å². The van der Waals surface area contributed by atoms with Crippen molar-refractivity contribution >= 4 is 19.7 Å². The highest BCUT2D eigenvalue weighted by atomic mass is 32.2. The molecule has 0 N–H and O–H groups in total. The van der Waals surface area contributed by atoms with E-state index >= 15 is 0 Å². The first kappa shape index (κ1) is 15.7. The third kappa shape index (κ3) is 3.54. The highest BCUT2D eigenvalue weighted by Gasteiger charge is 2.25. The van der Waals surface area contributed by atoms with Crippen LogP contribution in [0, 0.1) is 6.92 Å². The van der Waals surface area contributed by atoms with Gasteiger partial charge in [0.15, 0.2) is 19.7 Å². The molecular formula is C13H16O4S2. The van der Waals surface area contributed by atoms with E-state index in [1.165, 1.54) is 24.3 Å². The largest absolute Gasteiger partial charge is 0.223 e. The van der Waals surface area contributed by atoms with Crippen LogP contribution in [0.25, 0.3) is 0 Å². The third-order valence-corrected chi connectivity index (χ3v) is 5.96. The SMILES string of the molecule is C=CCS(=O)(=O)c1ccc(C)cc1S(=O)(=O)CC=C. The lowest BCUT2D eigenvalue weighted by atomic mass is 10.2. The highest BCUT2D eigenvalue weighted by Crippen LogP contribution is 2.24. The number of hydrogen-bond donors (Lipinski definition) is 0. The number of rotatable bonds is 6. The standard InChI is InChI=1S/C13H16O4S2/c1-4-8-18(14,15)12-7-6-11(3)10-13(12)19(16,17)9-5-2/h4-7,10H,1-2,8-9H2,3H3. The molecule has 0 radical (unpaired) electrons. The van der Waals surface area contributed by atoms with Crippen molar-refractivity contribution in [2.75, 3.05) is 11.5 Å². The lowest BCUT2D eigenvalue weighted by molar-refractivity contribution is 0.585. The van der Waals surface area contributed by atoms with Crippen LogP contribution >= 0.6 is 0 Å². The van der Waals surface area contributed by atoms with Crippen LogP contribution in [-0.2, 0) is 19.7 Å². The van der Waals surface area contributed by atoms with Crippen LogP contribution in [0.4, 0.5) is 0 Å². The molecule has 1 rings (SSSR count). The molecule has 4 nitrogen and oxygen atoms in total. The average Bonchev–Trinajstić information content (AvgIpc) is 2.28. The van der Waals surface area contributed by atoms with Gasteiger partial charge >= 0.3 is 0 Å². The first-order valence-corrected chi connectivity index (χ1v) is 8.83. The molecule has 0 fully saturated rings. The summed E-state index contributed by atoms with van der Waals surface area (Å²) in [5.41, 5.74) is 0.681. The number of hydrogen-bond acceptors (Lipinski definition) is 4. The Morgan fingerprint density at radius 3 is 1.89 bits per heavy atom. The second-order valence-electron chi connectivity index (χ2n) is 4.09. The molecule has 104 valence electrons. The first-order chi connectivity index (χ1) is 8.74. The molecule has 0 aliphatic heterocycles. The van der Waals surface area contributed by atoms with Crippen LogP contribution in [0.2, 0.25) is 0 Å². The fourth-order valence-electron chi connectivity index (χ4n) is 1.61. The van der Waals surface area contributed by atoms with E-state index in [0.29, 0.717) is 5.56 Å². The molecular weight excluding hydrogens is 284 g/mol. The predicted octanol–water partition coefficient (Wildman–Crippen LogP) is 1.91. The lowest BCUT2D eigenvalue weighted by Gasteiger charge is -2.10. The molecule has 0 saturated heterocycles. The lowest BCUT2D eigenvalue weighted by Crippen LogP contribution is -2.13. The fraction of sp³-hybridized carbons (Fsp3) is 0.231. The maximum Gasteiger partial charge on any atom is 0.183 e. The van der Waals surface area contributed by atoms with Gasteiger partial charge in [0.25, 0.3) is 0 Å². The Morgan fingerprint density at radius 2 is 1.42 bits per heavy atom. The van der Waals surface area contributed by atoms with Crippen molar-refractivity contribution in [1.82, 2.24) is 0 Å². The third-order valence-electron chi connectivity index (χ3n) is 2.44. The Morgan fingerprint density at radius 1 is 0.947 bits per heavy atom. The molecule has 0 atom stereocenters. The fourth-order valence-corrected chi connectivity index (χ4v) is 4.73. The van der Waals surface area contributed by atoms with Crippen LogP contribution in [0.5, 0.6) is 0 Å². The van der Waals surface area contributed by atoms with Gasteiger partial charge in [-0.2, -0.15) is 0 Å². The minimum atomic E-state index is -3.70. The molecule has 6 heteroatoms. The van der Waals surface area contributed by atoms with Gasteiger partial charge in [0.1, 0.15) is 0 Å². The molecule has 0 aliphatic rings. The summed E-state index contributed by atoms with van der Waals surface area (Å²) in [7, 11) is -7.39. The topological polar surface area (TPSA) is 68.3 Å². The molecule has 0 bridgehead atoms. The molecule has 0 aliphatic carbocycles. The predicted molar refractivity (Wildman–Crippen MR) is 75.7 cm³/mol. The zero-order chi connectivity index (χ0) is 14.7. The molecule has 1 aromatic carbocycles. The summed E-state index contributed by atoms with van der Waals surface area (Å²) in [6.45, 7) is 8.45. The summed E-state index contributed by atoms with van der Waals surface area (Å²) in [5, 5.41) is 0. The van der Waals surface area contributed by atoms with Gasteiger partial charge in [-0.15, -0.1) is 13.2 Å². The normalized spacial score (nSPS) is 12.1. The van der Waals surface area contributed by atoms with E-state index in [4.69, 9.17) is 0 Å².